The van der Waals surface area contributed by atoms with Gasteiger partial charge in [0.25, 0.3) is 0 Å². The zero-order chi connectivity index (χ0) is 8.97. The lowest BCUT2D eigenvalue weighted by molar-refractivity contribution is -0.109. The van der Waals surface area contributed by atoms with Gasteiger partial charge in [0.1, 0.15) is 11.6 Å². The van der Waals surface area contributed by atoms with Crippen molar-refractivity contribution in [3.63, 3.8) is 0 Å². The molecule has 0 heterocycles. The van der Waals surface area contributed by atoms with Crippen LogP contribution < -0.4 is 5.32 Å². The van der Waals surface area contributed by atoms with E-state index in [-0.39, 0.29) is 12.3 Å². The minimum absolute atomic E-state index is 0.149. The predicted octanol–water partition coefficient (Wildman–Crippen LogP) is 0.777. The Hall–Kier alpha value is -1.58. The van der Waals surface area contributed by atoms with Crippen molar-refractivity contribution < 1.29 is 14.3 Å². The maximum Gasteiger partial charge on any atom is 0.207 e. The molecule has 2 N–H and O–H groups in total. The van der Waals surface area contributed by atoms with Gasteiger partial charge in [0.2, 0.25) is 6.41 Å². The van der Waals surface area contributed by atoms with Crippen molar-refractivity contribution in [3.8, 4) is 5.75 Å². The van der Waals surface area contributed by atoms with E-state index in [1.54, 1.807) is 0 Å². The number of carbonyl (C=O) groups is 1. The summed E-state index contributed by atoms with van der Waals surface area (Å²) in [6.45, 7) is 0.204. The average Bonchev–Trinajstić information content (AvgIpc) is 2.03. The van der Waals surface area contributed by atoms with Gasteiger partial charge in [-0.05, 0) is 6.07 Å². The largest absolute Gasteiger partial charge is 0.507 e. The van der Waals surface area contributed by atoms with Gasteiger partial charge in [-0.3, -0.25) is 4.79 Å². The van der Waals surface area contributed by atoms with E-state index in [2.05, 4.69) is 5.32 Å². The lowest BCUT2D eigenvalue weighted by Crippen LogP contribution is -2.09. The molecule has 0 aromatic heterocycles. The molecular weight excluding hydrogens is 161 g/mol. The van der Waals surface area contributed by atoms with Crippen molar-refractivity contribution in [3.05, 3.63) is 29.6 Å². The van der Waals surface area contributed by atoms with Crippen molar-refractivity contribution in [2.24, 2.45) is 0 Å². The normalized spacial score (nSPS) is 9.42. The number of amides is 1. The summed E-state index contributed by atoms with van der Waals surface area (Å²) < 4.78 is 12.4. The number of carbonyl (C=O) groups excluding carboxylic acids is 1. The molecule has 3 nitrogen and oxygen atoms in total. The van der Waals surface area contributed by atoms with Crippen LogP contribution in [0.5, 0.6) is 5.75 Å². The first kappa shape index (κ1) is 8.52. The van der Waals surface area contributed by atoms with Crippen LogP contribution in [0.1, 0.15) is 5.56 Å². The molecule has 4 heteroatoms. The Morgan fingerprint density at radius 3 is 2.92 bits per heavy atom. The van der Waals surface area contributed by atoms with E-state index in [0.29, 0.717) is 12.0 Å². The summed E-state index contributed by atoms with van der Waals surface area (Å²) >= 11 is 0. The summed E-state index contributed by atoms with van der Waals surface area (Å²) in [4.78, 5) is 9.89. The van der Waals surface area contributed by atoms with E-state index < -0.39 is 5.82 Å². The number of aromatic hydroxyl groups is 1. The molecule has 0 saturated heterocycles. The zero-order valence-corrected chi connectivity index (χ0v) is 6.25. The third-order valence-corrected chi connectivity index (χ3v) is 1.42. The Morgan fingerprint density at radius 1 is 1.58 bits per heavy atom. The molecule has 12 heavy (non-hydrogen) atoms. The molecule has 1 aromatic carbocycles. The Kier molecular flexibility index (Phi) is 2.63. The van der Waals surface area contributed by atoms with E-state index in [9.17, 15) is 9.18 Å². The molecule has 0 unspecified atom stereocenters. The molecule has 0 fully saturated rings. The number of phenolic OH excluding ortho intramolecular Hbond substituents is 1. The summed E-state index contributed by atoms with van der Waals surface area (Å²) in [6, 6.07) is 3.64. The second-order valence-electron chi connectivity index (χ2n) is 2.27. The third kappa shape index (κ3) is 1.95. The fourth-order valence-electron chi connectivity index (χ4n) is 0.838. The first-order chi connectivity index (χ1) is 5.74. The number of phenols is 1. The molecule has 64 valence electrons. The van der Waals surface area contributed by atoms with Crippen LogP contribution in [-0.4, -0.2) is 11.5 Å². The van der Waals surface area contributed by atoms with Crippen molar-refractivity contribution in [1.82, 2.24) is 5.32 Å². The monoisotopic (exact) mass is 169 g/mol. The molecule has 0 aliphatic carbocycles. The van der Waals surface area contributed by atoms with Gasteiger partial charge < -0.3 is 10.4 Å². The number of halogens is 1. The van der Waals surface area contributed by atoms with Gasteiger partial charge in [0, 0.05) is 18.2 Å². The molecular formula is C8H8FNO2. The average molecular weight is 169 g/mol. The molecule has 0 saturated carbocycles. The third-order valence-electron chi connectivity index (χ3n) is 1.42. The van der Waals surface area contributed by atoms with Gasteiger partial charge in [0.15, 0.2) is 0 Å². The van der Waals surface area contributed by atoms with Crippen molar-refractivity contribution in [1.29, 1.82) is 0 Å². The summed E-state index contributed by atoms with van der Waals surface area (Å²) in [5.41, 5.74) is 0.489. The topological polar surface area (TPSA) is 49.3 Å². The summed E-state index contributed by atoms with van der Waals surface area (Å²) in [6.07, 6.45) is 0.517. The van der Waals surface area contributed by atoms with Crippen molar-refractivity contribution in [2.45, 2.75) is 6.54 Å². The highest BCUT2D eigenvalue weighted by Crippen LogP contribution is 2.17. The lowest BCUT2D eigenvalue weighted by Gasteiger charge is -2.02. The van der Waals surface area contributed by atoms with Crippen LogP contribution in [0.2, 0.25) is 0 Å². The molecule has 0 aliphatic heterocycles. The van der Waals surface area contributed by atoms with Crippen LogP contribution in [0.15, 0.2) is 18.2 Å². The van der Waals surface area contributed by atoms with Crippen molar-refractivity contribution >= 4 is 6.41 Å². The zero-order valence-electron chi connectivity index (χ0n) is 6.25. The molecule has 0 bridgehead atoms. The predicted molar refractivity (Wildman–Crippen MR) is 41.0 cm³/mol. The van der Waals surface area contributed by atoms with E-state index in [4.69, 9.17) is 5.11 Å². The van der Waals surface area contributed by atoms with Gasteiger partial charge in [-0.1, -0.05) is 6.07 Å². The second-order valence-corrected chi connectivity index (χ2v) is 2.27. The van der Waals surface area contributed by atoms with E-state index in [0.717, 1.165) is 6.07 Å². The minimum Gasteiger partial charge on any atom is -0.507 e. The number of hydrogen-bond acceptors (Lipinski definition) is 2. The molecule has 1 rings (SSSR count). The van der Waals surface area contributed by atoms with Gasteiger partial charge >= 0.3 is 0 Å². The Balaban J connectivity index is 2.78. The van der Waals surface area contributed by atoms with Crippen LogP contribution in [0.3, 0.4) is 0 Å². The Bertz CT molecular complexity index is 288. The maximum absolute atomic E-state index is 12.4. The maximum atomic E-state index is 12.4. The highest BCUT2D eigenvalue weighted by Gasteiger charge is 2.00. The molecule has 0 spiro atoms. The smallest absolute Gasteiger partial charge is 0.207 e. The standard InChI is InChI=1S/C8H8FNO2/c9-7-2-1-6(4-10-5-11)8(12)3-7/h1-3,5,12H,4H2,(H,10,11). The first-order valence-electron chi connectivity index (χ1n) is 3.38. The fraction of sp³-hybridized carbons (Fsp3) is 0.125. The molecule has 0 atom stereocenters. The lowest BCUT2D eigenvalue weighted by atomic mass is 10.2. The van der Waals surface area contributed by atoms with Crippen LogP contribution in [0, 0.1) is 5.82 Å². The highest BCUT2D eigenvalue weighted by atomic mass is 19.1. The Labute approximate surface area is 68.8 Å². The molecule has 1 aromatic rings. The van der Waals surface area contributed by atoms with Gasteiger partial charge in [0.05, 0.1) is 0 Å². The van der Waals surface area contributed by atoms with Crippen LogP contribution in [0.4, 0.5) is 4.39 Å². The van der Waals surface area contributed by atoms with E-state index in [1.807, 2.05) is 0 Å². The van der Waals surface area contributed by atoms with E-state index in [1.165, 1.54) is 12.1 Å². The minimum atomic E-state index is -0.498. The summed E-state index contributed by atoms with van der Waals surface area (Å²) in [7, 11) is 0. The van der Waals surface area contributed by atoms with Gasteiger partial charge in [-0.25, -0.2) is 4.39 Å². The summed E-state index contributed by atoms with van der Waals surface area (Å²) in [5, 5.41) is 11.5. The van der Waals surface area contributed by atoms with Crippen LogP contribution in [-0.2, 0) is 11.3 Å². The second kappa shape index (κ2) is 3.71. The SMILES string of the molecule is O=CNCc1ccc(F)cc1O. The quantitative estimate of drug-likeness (QED) is 0.657. The van der Waals surface area contributed by atoms with Crippen LogP contribution in [0.25, 0.3) is 0 Å². The number of hydrogen-bond donors (Lipinski definition) is 2. The van der Waals surface area contributed by atoms with Gasteiger partial charge in [-0.15, -0.1) is 0 Å². The molecule has 0 radical (unpaired) electrons. The van der Waals surface area contributed by atoms with Crippen LogP contribution >= 0.6 is 0 Å². The number of benzene rings is 1. The first-order valence-corrected chi connectivity index (χ1v) is 3.38. The number of nitrogens with one attached hydrogen (secondary N) is 1. The molecule has 1 amide bonds. The number of rotatable bonds is 3. The molecule has 0 aliphatic rings. The Morgan fingerprint density at radius 2 is 2.33 bits per heavy atom. The fourth-order valence-corrected chi connectivity index (χ4v) is 0.838. The van der Waals surface area contributed by atoms with Gasteiger partial charge in [-0.2, -0.15) is 0 Å². The van der Waals surface area contributed by atoms with E-state index >= 15 is 0 Å². The summed E-state index contributed by atoms with van der Waals surface area (Å²) in [5.74, 6) is -0.647. The highest BCUT2D eigenvalue weighted by molar-refractivity contribution is 5.47. The van der Waals surface area contributed by atoms with Crippen molar-refractivity contribution in [2.75, 3.05) is 0 Å².